The predicted octanol–water partition coefficient (Wildman–Crippen LogP) is 3.38. The second kappa shape index (κ2) is 10.0. The van der Waals surface area contributed by atoms with Crippen molar-refractivity contribution in [3.63, 3.8) is 0 Å². The van der Waals surface area contributed by atoms with Crippen molar-refractivity contribution in [1.29, 1.82) is 0 Å². The van der Waals surface area contributed by atoms with Gasteiger partial charge in [-0.3, -0.25) is 4.79 Å². The largest absolute Gasteiger partial charge is 0.453 e. The molecule has 0 aromatic rings. The third-order valence-electron chi connectivity index (χ3n) is 9.66. The number of fused-ring (bicyclic) bond motifs is 3. The lowest BCUT2D eigenvalue weighted by Gasteiger charge is -2.47. The van der Waals surface area contributed by atoms with Gasteiger partial charge in [0.1, 0.15) is 6.10 Å². The molecule has 0 aromatic carbocycles. The van der Waals surface area contributed by atoms with E-state index in [1.54, 1.807) is 13.8 Å². The van der Waals surface area contributed by atoms with Gasteiger partial charge in [0.05, 0.1) is 18.3 Å². The molecule has 1 aliphatic heterocycles. The van der Waals surface area contributed by atoms with Crippen LogP contribution in [-0.2, 0) is 28.5 Å². The molecular formula is C28H44O8. The third kappa shape index (κ3) is 4.98. The van der Waals surface area contributed by atoms with E-state index in [4.69, 9.17) is 18.9 Å². The molecule has 3 aliphatic carbocycles. The zero-order valence-corrected chi connectivity index (χ0v) is 22.7. The zero-order chi connectivity index (χ0) is 26.6. The molecule has 0 bridgehead atoms. The highest BCUT2D eigenvalue weighted by molar-refractivity contribution is 5.83. The van der Waals surface area contributed by atoms with E-state index in [0.29, 0.717) is 40.6 Å². The van der Waals surface area contributed by atoms with E-state index in [-0.39, 0.29) is 6.61 Å². The summed E-state index contributed by atoms with van der Waals surface area (Å²) in [7, 11) is 0. The van der Waals surface area contributed by atoms with Crippen LogP contribution in [0.1, 0.15) is 74.1 Å². The van der Waals surface area contributed by atoms with E-state index < -0.39 is 48.2 Å². The van der Waals surface area contributed by atoms with Gasteiger partial charge < -0.3 is 29.2 Å². The van der Waals surface area contributed by atoms with Gasteiger partial charge in [0.15, 0.2) is 18.5 Å². The van der Waals surface area contributed by atoms with Crippen molar-refractivity contribution in [3.05, 3.63) is 11.6 Å². The zero-order valence-electron chi connectivity index (χ0n) is 22.7. The summed E-state index contributed by atoms with van der Waals surface area (Å²) in [5.41, 5.74) is 0.287. The Balaban J connectivity index is 1.60. The molecule has 4 aliphatic rings. The minimum Gasteiger partial charge on any atom is -0.453 e. The maximum Gasteiger partial charge on any atom is 0.331 e. The Bertz CT molecular complexity index is 883. The van der Waals surface area contributed by atoms with E-state index in [9.17, 15) is 19.8 Å². The Morgan fingerprint density at radius 1 is 1.03 bits per heavy atom. The summed E-state index contributed by atoms with van der Waals surface area (Å²) >= 11 is 0. The van der Waals surface area contributed by atoms with Crippen molar-refractivity contribution < 1.29 is 38.7 Å². The van der Waals surface area contributed by atoms with E-state index in [2.05, 4.69) is 27.7 Å². The van der Waals surface area contributed by atoms with Crippen molar-refractivity contribution in [2.24, 2.45) is 35.0 Å². The average molecular weight is 509 g/mol. The summed E-state index contributed by atoms with van der Waals surface area (Å²) in [4.78, 5) is 24.6. The number of hydrogen-bond donors (Lipinski definition) is 2. The molecule has 3 saturated carbocycles. The third-order valence-corrected chi connectivity index (χ3v) is 9.66. The summed E-state index contributed by atoms with van der Waals surface area (Å²) in [5, 5.41) is 20.1. The number of aliphatic hydroxyl groups is 2. The molecule has 0 spiro atoms. The maximum absolute atomic E-state index is 12.5. The first kappa shape index (κ1) is 27.6. The molecule has 1 heterocycles. The Hall–Kier alpha value is -1.48. The normalized spacial score (nSPS) is 45.8. The predicted molar refractivity (Wildman–Crippen MR) is 131 cm³/mol. The molecule has 4 rings (SSSR count). The fourth-order valence-corrected chi connectivity index (χ4v) is 7.63. The highest BCUT2D eigenvalue weighted by Gasteiger charge is 2.67. The molecule has 0 aromatic heterocycles. The van der Waals surface area contributed by atoms with Gasteiger partial charge in [-0.2, -0.15) is 0 Å². The molecule has 204 valence electrons. The summed E-state index contributed by atoms with van der Waals surface area (Å²) in [6.07, 6.45) is 0.154. The Morgan fingerprint density at radius 3 is 2.36 bits per heavy atom. The minimum absolute atomic E-state index is 0.293. The van der Waals surface area contributed by atoms with Crippen LogP contribution in [0.2, 0.25) is 0 Å². The molecule has 2 N–H and O–H groups in total. The number of carbonyl (C=O) groups is 2. The number of aliphatic hydroxyl groups excluding tert-OH is 2. The van der Waals surface area contributed by atoms with Gasteiger partial charge in [-0.15, -0.1) is 0 Å². The Labute approximate surface area is 214 Å². The van der Waals surface area contributed by atoms with E-state index in [1.807, 2.05) is 0 Å². The van der Waals surface area contributed by atoms with Gasteiger partial charge in [0, 0.05) is 13.0 Å². The Morgan fingerprint density at radius 2 is 1.72 bits per heavy atom. The first-order valence-corrected chi connectivity index (χ1v) is 13.5. The molecule has 4 fully saturated rings. The van der Waals surface area contributed by atoms with Crippen molar-refractivity contribution in [3.8, 4) is 0 Å². The van der Waals surface area contributed by atoms with Crippen LogP contribution in [0.4, 0.5) is 0 Å². The molecule has 1 saturated heterocycles. The molecule has 11 atom stereocenters. The van der Waals surface area contributed by atoms with Crippen LogP contribution >= 0.6 is 0 Å². The summed E-state index contributed by atoms with van der Waals surface area (Å²) in [6.45, 7) is 13.6. The monoisotopic (exact) mass is 508 g/mol. The highest BCUT2D eigenvalue weighted by atomic mass is 16.7. The van der Waals surface area contributed by atoms with Crippen LogP contribution in [0.25, 0.3) is 0 Å². The number of hydrogen-bond acceptors (Lipinski definition) is 8. The maximum atomic E-state index is 12.5. The first-order chi connectivity index (χ1) is 16.8. The fourth-order valence-electron chi connectivity index (χ4n) is 7.63. The molecule has 0 radical (unpaired) electrons. The second-order valence-corrected chi connectivity index (χ2v) is 12.5. The molecule has 0 unspecified atom stereocenters. The summed E-state index contributed by atoms with van der Waals surface area (Å²) in [5.74, 6) is 1.60. The van der Waals surface area contributed by atoms with Crippen LogP contribution in [0.3, 0.4) is 0 Å². The number of esters is 2. The number of ether oxygens (including phenoxy) is 4. The van der Waals surface area contributed by atoms with Crippen molar-refractivity contribution >= 4 is 11.9 Å². The lowest BCUT2D eigenvalue weighted by atomic mass is 9.74. The first-order valence-electron chi connectivity index (χ1n) is 13.5. The summed E-state index contributed by atoms with van der Waals surface area (Å²) < 4.78 is 24.0. The molecule has 36 heavy (non-hydrogen) atoms. The summed E-state index contributed by atoms with van der Waals surface area (Å²) in [6, 6.07) is 0. The van der Waals surface area contributed by atoms with Crippen LogP contribution in [0, 0.1) is 35.0 Å². The van der Waals surface area contributed by atoms with Crippen LogP contribution < -0.4 is 0 Å². The molecule has 8 heteroatoms. The number of rotatable bonds is 6. The lowest BCUT2D eigenvalue weighted by Crippen LogP contribution is -2.62. The molecule has 8 nitrogen and oxygen atoms in total. The van der Waals surface area contributed by atoms with Gasteiger partial charge in [0.2, 0.25) is 0 Å². The van der Waals surface area contributed by atoms with E-state index in [0.717, 1.165) is 19.3 Å². The van der Waals surface area contributed by atoms with Gasteiger partial charge >= 0.3 is 11.9 Å². The highest BCUT2D eigenvalue weighted by Crippen LogP contribution is 2.71. The van der Waals surface area contributed by atoms with Crippen LogP contribution in [0.15, 0.2) is 11.6 Å². The molecular weight excluding hydrogens is 464 g/mol. The topological polar surface area (TPSA) is 112 Å². The van der Waals surface area contributed by atoms with Gasteiger partial charge in [0.25, 0.3) is 0 Å². The molecule has 0 amide bonds. The standard InChI is InChI=1S/C28H44O8/c1-14(13-29)12-20(31)35-24-23(32)16(3)33-26(25(24)34-17(4)30)36-28(7)11-10-19-22(27(19,5)6)21-15(2)8-9-18(21)28/h12,15-16,18-19,21-26,29,32H,8-11,13H2,1-7H3/b14-12-/t15-,16-,18+,19-,21-,22-,23+,24+,25-,26+,28-/m1/s1. The quantitative estimate of drug-likeness (QED) is 0.415. The van der Waals surface area contributed by atoms with Crippen molar-refractivity contribution in [1.82, 2.24) is 0 Å². The van der Waals surface area contributed by atoms with E-state index in [1.165, 1.54) is 19.4 Å². The smallest absolute Gasteiger partial charge is 0.331 e. The second-order valence-electron chi connectivity index (χ2n) is 12.5. The van der Waals surface area contributed by atoms with Crippen molar-refractivity contribution in [2.45, 2.75) is 110 Å². The fraction of sp³-hybridized carbons (Fsp3) is 0.857. The van der Waals surface area contributed by atoms with Crippen LogP contribution in [-0.4, -0.2) is 65.1 Å². The van der Waals surface area contributed by atoms with Crippen molar-refractivity contribution in [2.75, 3.05) is 6.61 Å². The van der Waals surface area contributed by atoms with Gasteiger partial charge in [-0.25, -0.2) is 4.79 Å². The lowest BCUT2D eigenvalue weighted by molar-refractivity contribution is -0.329. The SMILES string of the molecule is CC(=O)O[C@H]1[C@H](O[C@]2(C)CC[C@@H]3[C@H]([C@@H]4[C@H](C)CC[C@@H]42)C3(C)C)O[C@H](C)[C@H](O)[C@@H]1OC(=O)/C=C(/C)CO. The van der Waals surface area contributed by atoms with Crippen LogP contribution in [0.5, 0.6) is 0 Å². The van der Waals surface area contributed by atoms with Gasteiger partial charge in [-0.1, -0.05) is 27.2 Å². The Kier molecular flexibility index (Phi) is 7.66. The average Bonchev–Trinajstić information content (AvgIpc) is 3.17. The van der Waals surface area contributed by atoms with Gasteiger partial charge in [-0.05, 0) is 80.6 Å². The van der Waals surface area contributed by atoms with E-state index >= 15 is 0 Å². The minimum atomic E-state index is -1.21. The number of carbonyl (C=O) groups excluding carboxylic acids is 2.